The van der Waals surface area contributed by atoms with Crippen LogP contribution in [0.1, 0.15) is 29.1 Å². The summed E-state index contributed by atoms with van der Waals surface area (Å²) in [6.45, 7) is 7.78. The first kappa shape index (κ1) is 15.9. The van der Waals surface area contributed by atoms with Gasteiger partial charge in [-0.15, -0.1) is 11.3 Å². The Labute approximate surface area is 129 Å². The van der Waals surface area contributed by atoms with E-state index in [-0.39, 0.29) is 0 Å². The molecule has 0 saturated carbocycles. The highest BCUT2D eigenvalue weighted by Crippen LogP contribution is 2.32. The van der Waals surface area contributed by atoms with E-state index in [2.05, 4.69) is 11.8 Å². The molecule has 1 aromatic carbocycles. The van der Waals surface area contributed by atoms with Gasteiger partial charge in [0.05, 0.1) is 6.61 Å². The monoisotopic (exact) mass is 307 g/mol. The quantitative estimate of drug-likeness (QED) is 0.759. The van der Waals surface area contributed by atoms with Crippen molar-refractivity contribution in [3.05, 3.63) is 34.7 Å². The summed E-state index contributed by atoms with van der Waals surface area (Å²) in [5.74, 6) is -0.841. The van der Waals surface area contributed by atoms with Crippen LogP contribution >= 0.6 is 11.3 Å². The molecule has 0 unspecified atom stereocenters. The second kappa shape index (κ2) is 7.54. The molecule has 1 heterocycles. The Morgan fingerprint density at radius 1 is 1.33 bits per heavy atom. The van der Waals surface area contributed by atoms with E-state index >= 15 is 0 Å². The van der Waals surface area contributed by atoms with Gasteiger partial charge in [-0.25, -0.2) is 4.79 Å². The number of hydrogen-bond donors (Lipinski definition) is 1. The summed E-state index contributed by atoms with van der Waals surface area (Å²) in [6, 6.07) is 7.89. The van der Waals surface area contributed by atoms with Crippen LogP contribution < -0.4 is 0 Å². The summed E-state index contributed by atoms with van der Waals surface area (Å²) in [5.41, 5.74) is 0.918. The van der Waals surface area contributed by atoms with Crippen LogP contribution in [0.5, 0.6) is 0 Å². The molecule has 0 aliphatic carbocycles. The largest absolute Gasteiger partial charge is 0.477 e. The molecule has 0 spiro atoms. The van der Waals surface area contributed by atoms with E-state index in [9.17, 15) is 9.90 Å². The fraction of sp³-hybridized carbons (Fsp3) is 0.438. The maximum atomic E-state index is 11.5. The van der Waals surface area contributed by atoms with E-state index in [4.69, 9.17) is 4.74 Å². The molecule has 2 aromatic rings. The van der Waals surface area contributed by atoms with Crippen molar-refractivity contribution < 1.29 is 14.6 Å². The third-order valence-electron chi connectivity index (χ3n) is 3.48. The van der Waals surface area contributed by atoms with Crippen LogP contribution in [-0.4, -0.2) is 42.3 Å². The normalized spacial score (nSPS) is 11.4. The lowest BCUT2D eigenvalue weighted by Crippen LogP contribution is -2.27. The molecule has 4 nitrogen and oxygen atoms in total. The third kappa shape index (κ3) is 3.81. The van der Waals surface area contributed by atoms with Crippen LogP contribution in [-0.2, 0) is 11.3 Å². The zero-order valence-electron chi connectivity index (χ0n) is 12.5. The van der Waals surface area contributed by atoms with E-state index in [0.29, 0.717) is 24.6 Å². The van der Waals surface area contributed by atoms with Crippen molar-refractivity contribution in [2.24, 2.45) is 0 Å². The van der Waals surface area contributed by atoms with Gasteiger partial charge in [0, 0.05) is 24.4 Å². The van der Waals surface area contributed by atoms with Crippen molar-refractivity contribution >= 4 is 27.4 Å². The number of rotatable bonds is 8. The van der Waals surface area contributed by atoms with Crippen molar-refractivity contribution in [2.45, 2.75) is 20.4 Å². The molecule has 5 heteroatoms. The summed E-state index contributed by atoms with van der Waals surface area (Å²) < 4.78 is 6.43. The fourth-order valence-corrected chi connectivity index (χ4v) is 3.39. The average molecular weight is 307 g/mol. The van der Waals surface area contributed by atoms with Gasteiger partial charge in [0.1, 0.15) is 4.88 Å². The lowest BCUT2D eigenvalue weighted by molar-refractivity contribution is 0.0699. The molecule has 1 N–H and O–H groups in total. The number of carboxylic acid groups (broad SMARTS) is 1. The zero-order chi connectivity index (χ0) is 15.2. The Kier molecular flexibility index (Phi) is 5.73. The fourth-order valence-electron chi connectivity index (χ4n) is 2.34. The Hall–Kier alpha value is -1.43. The van der Waals surface area contributed by atoms with Gasteiger partial charge in [0.2, 0.25) is 0 Å². The number of thiophene rings is 1. The predicted molar refractivity (Wildman–Crippen MR) is 86.2 cm³/mol. The van der Waals surface area contributed by atoms with Crippen molar-refractivity contribution in [2.75, 3.05) is 26.3 Å². The van der Waals surface area contributed by atoms with E-state index in [1.165, 1.54) is 11.3 Å². The van der Waals surface area contributed by atoms with Crippen LogP contribution in [0, 0.1) is 0 Å². The molecular formula is C16H21NO3S. The number of carbonyl (C=O) groups is 1. The van der Waals surface area contributed by atoms with Gasteiger partial charge >= 0.3 is 5.97 Å². The standard InChI is InChI=1S/C16H21NO3S/c1-3-17(9-10-20-4-2)11-13-12-7-5-6-8-14(12)21-15(13)16(18)19/h5-8H,3-4,9-11H2,1-2H3,(H,18,19). The number of ether oxygens (including phenoxy) is 1. The van der Waals surface area contributed by atoms with E-state index in [1.54, 1.807) is 0 Å². The molecule has 0 atom stereocenters. The number of nitrogens with zero attached hydrogens (tertiary/aromatic N) is 1. The topological polar surface area (TPSA) is 49.8 Å². The van der Waals surface area contributed by atoms with Gasteiger partial charge in [0.25, 0.3) is 0 Å². The molecule has 0 bridgehead atoms. The van der Waals surface area contributed by atoms with Gasteiger partial charge in [-0.2, -0.15) is 0 Å². The SMILES string of the molecule is CCOCCN(CC)Cc1c(C(=O)O)sc2ccccc12. The van der Waals surface area contributed by atoms with Gasteiger partial charge in [-0.3, -0.25) is 4.90 Å². The molecule has 0 aliphatic heterocycles. The highest BCUT2D eigenvalue weighted by molar-refractivity contribution is 7.21. The Morgan fingerprint density at radius 2 is 2.10 bits per heavy atom. The Bertz CT molecular complexity index is 609. The second-order valence-corrected chi connectivity index (χ2v) is 5.83. The molecule has 0 amide bonds. The minimum atomic E-state index is -0.841. The van der Waals surface area contributed by atoms with Crippen LogP contribution in [0.4, 0.5) is 0 Å². The highest BCUT2D eigenvalue weighted by atomic mass is 32.1. The molecule has 1 aromatic heterocycles. The number of benzene rings is 1. The van der Waals surface area contributed by atoms with Gasteiger partial charge in [-0.1, -0.05) is 25.1 Å². The number of fused-ring (bicyclic) bond motifs is 1. The highest BCUT2D eigenvalue weighted by Gasteiger charge is 2.19. The lowest BCUT2D eigenvalue weighted by Gasteiger charge is -2.20. The molecule has 0 saturated heterocycles. The Balaban J connectivity index is 2.26. The van der Waals surface area contributed by atoms with E-state index < -0.39 is 5.97 Å². The maximum absolute atomic E-state index is 11.5. The number of carboxylic acids is 1. The van der Waals surface area contributed by atoms with Crippen molar-refractivity contribution in [1.82, 2.24) is 4.90 Å². The third-order valence-corrected chi connectivity index (χ3v) is 4.68. The predicted octanol–water partition coefficient (Wildman–Crippen LogP) is 3.46. The first-order valence-electron chi connectivity index (χ1n) is 7.21. The molecule has 0 fully saturated rings. The molecule has 21 heavy (non-hydrogen) atoms. The van der Waals surface area contributed by atoms with Crippen LogP contribution in [0.3, 0.4) is 0 Å². The molecule has 0 radical (unpaired) electrons. The summed E-state index contributed by atoms with van der Waals surface area (Å²) in [6.07, 6.45) is 0. The first-order valence-corrected chi connectivity index (χ1v) is 8.02. The summed E-state index contributed by atoms with van der Waals surface area (Å²) in [4.78, 5) is 14.2. The Morgan fingerprint density at radius 3 is 2.76 bits per heavy atom. The molecule has 0 aliphatic rings. The van der Waals surface area contributed by atoms with E-state index in [0.717, 1.165) is 28.7 Å². The van der Waals surface area contributed by atoms with Gasteiger partial charge < -0.3 is 9.84 Å². The first-order chi connectivity index (χ1) is 10.2. The van der Waals surface area contributed by atoms with Crippen LogP contribution in [0.2, 0.25) is 0 Å². The number of aromatic carboxylic acids is 1. The van der Waals surface area contributed by atoms with Crippen molar-refractivity contribution in [1.29, 1.82) is 0 Å². The zero-order valence-corrected chi connectivity index (χ0v) is 13.3. The van der Waals surface area contributed by atoms with Crippen molar-refractivity contribution in [3.63, 3.8) is 0 Å². The van der Waals surface area contributed by atoms with Gasteiger partial charge in [-0.05, 0) is 30.5 Å². The van der Waals surface area contributed by atoms with Crippen LogP contribution in [0.15, 0.2) is 24.3 Å². The minimum Gasteiger partial charge on any atom is -0.477 e. The van der Waals surface area contributed by atoms with E-state index in [1.807, 2.05) is 31.2 Å². The lowest BCUT2D eigenvalue weighted by atomic mass is 10.1. The van der Waals surface area contributed by atoms with Crippen molar-refractivity contribution in [3.8, 4) is 0 Å². The summed E-state index contributed by atoms with van der Waals surface area (Å²) in [5, 5.41) is 10.5. The number of hydrogen-bond acceptors (Lipinski definition) is 4. The molecule has 114 valence electrons. The van der Waals surface area contributed by atoms with Gasteiger partial charge in [0.15, 0.2) is 0 Å². The number of likely N-dealkylation sites (N-methyl/N-ethyl adjacent to an activating group) is 1. The minimum absolute atomic E-state index is 0.450. The average Bonchev–Trinajstić information content (AvgIpc) is 2.85. The molecular weight excluding hydrogens is 286 g/mol. The molecule has 2 rings (SSSR count). The summed E-state index contributed by atoms with van der Waals surface area (Å²) >= 11 is 1.36. The maximum Gasteiger partial charge on any atom is 0.346 e. The summed E-state index contributed by atoms with van der Waals surface area (Å²) in [7, 11) is 0. The smallest absolute Gasteiger partial charge is 0.346 e. The van der Waals surface area contributed by atoms with Crippen LogP contribution in [0.25, 0.3) is 10.1 Å². The second-order valence-electron chi connectivity index (χ2n) is 4.78.